The van der Waals surface area contributed by atoms with Gasteiger partial charge in [-0.1, -0.05) is 18.9 Å². The summed E-state index contributed by atoms with van der Waals surface area (Å²) in [4.78, 5) is 26.7. The zero-order valence-electron chi connectivity index (χ0n) is 13.2. The molecule has 1 aromatic rings. The van der Waals surface area contributed by atoms with Crippen LogP contribution in [-0.4, -0.2) is 30.0 Å². The minimum Gasteiger partial charge on any atom is -0.469 e. The number of amides is 1. The first-order chi connectivity index (χ1) is 10.6. The highest BCUT2D eigenvalue weighted by Crippen LogP contribution is 2.06. The summed E-state index contributed by atoms with van der Waals surface area (Å²) in [6.07, 6.45) is 10.8. The summed E-state index contributed by atoms with van der Waals surface area (Å²) >= 11 is 0. The molecule has 1 heterocycles. The first kappa shape index (κ1) is 17.9. The maximum Gasteiger partial charge on any atom is 0.305 e. The number of carbonyl (C=O) groups excluding carboxylic acids is 2. The van der Waals surface area contributed by atoms with Crippen molar-refractivity contribution in [3.05, 3.63) is 36.2 Å². The Kier molecular flexibility index (Phi) is 8.57. The minimum absolute atomic E-state index is 0.106. The number of nitrogens with one attached hydrogen (secondary N) is 1. The zero-order chi connectivity index (χ0) is 16.2. The summed E-state index contributed by atoms with van der Waals surface area (Å²) in [6, 6.07) is 3.83. The molecule has 0 saturated carbocycles. The lowest BCUT2D eigenvalue weighted by atomic mass is 10.1. The van der Waals surface area contributed by atoms with Crippen LogP contribution in [-0.2, 0) is 14.3 Å². The van der Waals surface area contributed by atoms with Crippen LogP contribution in [0.4, 0.5) is 0 Å². The third kappa shape index (κ3) is 8.19. The standard InChI is InChI=1S/C17H24N2O3/c1-14(7-4-3-5-9-17(21)22-2)19-16(20)11-10-15-8-6-12-18-13-15/h6,8,10-14H,3-5,7,9H2,1-2H3,(H,19,20)/b11-10+. The number of rotatable bonds is 9. The van der Waals surface area contributed by atoms with Gasteiger partial charge in [0.15, 0.2) is 0 Å². The molecule has 0 bridgehead atoms. The molecule has 1 aromatic heterocycles. The van der Waals surface area contributed by atoms with E-state index in [1.165, 1.54) is 13.2 Å². The van der Waals surface area contributed by atoms with E-state index < -0.39 is 0 Å². The normalized spacial score (nSPS) is 12.1. The summed E-state index contributed by atoms with van der Waals surface area (Å²) in [5.74, 6) is -0.271. The number of aromatic nitrogens is 1. The van der Waals surface area contributed by atoms with Crippen LogP contribution >= 0.6 is 0 Å². The molecule has 1 amide bonds. The molecule has 0 aliphatic rings. The third-order valence-corrected chi connectivity index (χ3v) is 3.25. The molecule has 1 unspecified atom stereocenters. The smallest absolute Gasteiger partial charge is 0.305 e. The highest BCUT2D eigenvalue weighted by atomic mass is 16.5. The van der Waals surface area contributed by atoms with Crippen LogP contribution in [0.2, 0.25) is 0 Å². The molecule has 1 N–H and O–H groups in total. The molecule has 5 nitrogen and oxygen atoms in total. The molecule has 0 aliphatic heterocycles. The van der Waals surface area contributed by atoms with Gasteiger partial charge in [0.2, 0.25) is 5.91 Å². The Hall–Kier alpha value is -2.17. The van der Waals surface area contributed by atoms with Crippen molar-refractivity contribution in [1.29, 1.82) is 0 Å². The number of esters is 1. The molecular weight excluding hydrogens is 280 g/mol. The van der Waals surface area contributed by atoms with Crippen LogP contribution in [0.1, 0.15) is 44.6 Å². The van der Waals surface area contributed by atoms with Crippen molar-refractivity contribution in [1.82, 2.24) is 10.3 Å². The molecule has 1 rings (SSSR count). The summed E-state index contributed by atoms with van der Waals surface area (Å²) < 4.78 is 4.59. The second-order valence-corrected chi connectivity index (χ2v) is 5.20. The Bertz CT molecular complexity index is 486. The number of nitrogens with zero attached hydrogens (tertiary/aromatic N) is 1. The highest BCUT2D eigenvalue weighted by molar-refractivity contribution is 5.91. The quantitative estimate of drug-likeness (QED) is 0.433. The number of unbranched alkanes of at least 4 members (excludes halogenated alkanes) is 2. The van der Waals surface area contributed by atoms with Crippen molar-refractivity contribution in [3.8, 4) is 0 Å². The van der Waals surface area contributed by atoms with E-state index in [4.69, 9.17) is 0 Å². The first-order valence-corrected chi connectivity index (χ1v) is 7.57. The second kappa shape index (κ2) is 10.5. The van der Waals surface area contributed by atoms with Gasteiger partial charge in [-0.2, -0.15) is 0 Å². The summed E-state index contributed by atoms with van der Waals surface area (Å²) in [5, 5.41) is 2.92. The Labute approximate surface area is 131 Å². The number of hydrogen-bond donors (Lipinski definition) is 1. The second-order valence-electron chi connectivity index (χ2n) is 5.20. The monoisotopic (exact) mass is 304 g/mol. The molecule has 5 heteroatoms. The fraction of sp³-hybridized carbons (Fsp3) is 0.471. The van der Waals surface area contributed by atoms with E-state index >= 15 is 0 Å². The minimum atomic E-state index is -0.165. The van der Waals surface area contributed by atoms with Gasteiger partial charge in [0, 0.05) is 30.9 Å². The Morgan fingerprint density at radius 3 is 2.86 bits per heavy atom. The van der Waals surface area contributed by atoms with Crippen LogP contribution < -0.4 is 5.32 Å². The topological polar surface area (TPSA) is 68.3 Å². The van der Waals surface area contributed by atoms with Crippen molar-refractivity contribution < 1.29 is 14.3 Å². The van der Waals surface area contributed by atoms with E-state index in [9.17, 15) is 9.59 Å². The molecule has 0 saturated heterocycles. The van der Waals surface area contributed by atoms with Crippen LogP contribution in [0.25, 0.3) is 6.08 Å². The fourth-order valence-corrected chi connectivity index (χ4v) is 2.01. The average Bonchev–Trinajstić information content (AvgIpc) is 2.53. The number of carbonyl (C=O) groups is 2. The predicted molar refractivity (Wildman–Crippen MR) is 86.0 cm³/mol. The molecule has 22 heavy (non-hydrogen) atoms. The molecule has 0 spiro atoms. The Morgan fingerprint density at radius 2 is 2.18 bits per heavy atom. The van der Waals surface area contributed by atoms with Gasteiger partial charge in [0.05, 0.1) is 7.11 Å². The van der Waals surface area contributed by atoms with Gasteiger partial charge in [-0.25, -0.2) is 0 Å². The lowest BCUT2D eigenvalue weighted by molar-refractivity contribution is -0.140. The Balaban J connectivity index is 2.16. The fourth-order valence-electron chi connectivity index (χ4n) is 2.01. The summed E-state index contributed by atoms with van der Waals surface area (Å²) in [7, 11) is 1.40. The molecule has 0 fully saturated rings. The van der Waals surface area contributed by atoms with E-state index in [-0.39, 0.29) is 17.9 Å². The van der Waals surface area contributed by atoms with E-state index in [0.29, 0.717) is 6.42 Å². The van der Waals surface area contributed by atoms with Gasteiger partial charge >= 0.3 is 5.97 Å². The van der Waals surface area contributed by atoms with E-state index in [1.807, 2.05) is 19.1 Å². The number of ether oxygens (including phenoxy) is 1. The lowest BCUT2D eigenvalue weighted by Crippen LogP contribution is -2.30. The summed E-state index contributed by atoms with van der Waals surface area (Å²) in [6.45, 7) is 1.98. The van der Waals surface area contributed by atoms with Gasteiger partial charge < -0.3 is 10.1 Å². The highest BCUT2D eigenvalue weighted by Gasteiger charge is 2.05. The molecular formula is C17H24N2O3. The molecule has 120 valence electrons. The maximum atomic E-state index is 11.8. The van der Waals surface area contributed by atoms with E-state index in [2.05, 4.69) is 15.0 Å². The number of methoxy groups -OCH3 is 1. The van der Waals surface area contributed by atoms with Gasteiger partial charge in [-0.15, -0.1) is 0 Å². The third-order valence-electron chi connectivity index (χ3n) is 3.25. The predicted octanol–water partition coefficient (Wildman–Crippen LogP) is 2.72. The zero-order valence-corrected chi connectivity index (χ0v) is 13.2. The molecule has 0 radical (unpaired) electrons. The van der Waals surface area contributed by atoms with Crippen LogP contribution in [0.15, 0.2) is 30.6 Å². The van der Waals surface area contributed by atoms with Crippen molar-refractivity contribution in [2.24, 2.45) is 0 Å². The van der Waals surface area contributed by atoms with Crippen molar-refractivity contribution in [2.75, 3.05) is 7.11 Å². The average molecular weight is 304 g/mol. The van der Waals surface area contributed by atoms with Crippen LogP contribution in [0.3, 0.4) is 0 Å². The van der Waals surface area contributed by atoms with Crippen LogP contribution in [0, 0.1) is 0 Å². The number of hydrogen-bond acceptors (Lipinski definition) is 4. The van der Waals surface area contributed by atoms with E-state index in [1.54, 1.807) is 18.5 Å². The van der Waals surface area contributed by atoms with Crippen molar-refractivity contribution in [3.63, 3.8) is 0 Å². The van der Waals surface area contributed by atoms with Crippen molar-refractivity contribution in [2.45, 2.75) is 45.1 Å². The molecule has 0 aromatic carbocycles. The summed E-state index contributed by atoms with van der Waals surface area (Å²) in [5.41, 5.74) is 0.896. The van der Waals surface area contributed by atoms with Crippen LogP contribution in [0.5, 0.6) is 0 Å². The van der Waals surface area contributed by atoms with Gasteiger partial charge in [0.1, 0.15) is 0 Å². The van der Waals surface area contributed by atoms with Gasteiger partial charge in [-0.05, 0) is 37.5 Å². The largest absolute Gasteiger partial charge is 0.469 e. The van der Waals surface area contributed by atoms with E-state index in [0.717, 1.165) is 31.2 Å². The first-order valence-electron chi connectivity index (χ1n) is 7.57. The Morgan fingerprint density at radius 1 is 1.36 bits per heavy atom. The molecule has 0 aliphatic carbocycles. The maximum absolute atomic E-state index is 11.8. The lowest BCUT2D eigenvalue weighted by Gasteiger charge is -2.12. The van der Waals surface area contributed by atoms with Gasteiger partial charge in [0.25, 0.3) is 0 Å². The number of pyridine rings is 1. The molecule has 1 atom stereocenters. The van der Waals surface area contributed by atoms with Crippen molar-refractivity contribution >= 4 is 18.0 Å². The van der Waals surface area contributed by atoms with Gasteiger partial charge in [-0.3, -0.25) is 14.6 Å². The SMILES string of the molecule is COC(=O)CCCCCC(C)NC(=O)/C=C/c1cccnc1.